The van der Waals surface area contributed by atoms with Crippen LogP contribution in [0.5, 0.6) is 0 Å². The summed E-state index contributed by atoms with van der Waals surface area (Å²) in [6.45, 7) is 14.0. The molecule has 1 heterocycles. The second kappa shape index (κ2) is 9.38. The van der Waals surface area contributed by atoms with Crippen molar-refractivity contribution in [2.75, 3.05) is 53.4 Å². The number of rotatable bonds is 6. The van der Waals surface area contributed by atoms with Gasteiger partial charge in [0.2, 0.25) is 0 Å². The normalized spacial score (nSPS) is 19.1. The largest absolute Gasteiger partial charge is 0.370 e. The third-order valence-electron chi connectivity index (χ3n) is 4.64. The summed E-state index contributed by atoms with van der Waals surface area (Å²) in [7, 11) is 4.23. The molecule has 5 nitrogen and oxygen atoms in total. The molecule has 1 aromatic rings. The average Bonchev–Trinajstić information content (AvgIpc) is 2.58. The van der Waals surface area contributed by atoms with Crippen LogP contribution < -0.4 is 5.32 Å². The van der Waals surface area contributed by atoms with Crippen molar-refractivity contribution in [3.8, 4) is 0 Å². The SMILES string of the molecule is CCNC(=NCC(C)(C)CN(C)C)N1CCOC(c2ccccc2C)C1. The molecule has 0 bridgehead atoms. The van der Waals surface area contributed by atoms with E-state index in [1.165, 1.54) is 11.1 Å². The number of nitrogens with one attached hydrogen (secondary N) is 1. The molecule has 1 aliphatic heterocycles. The van der Waals surface area contributed by atoms with E-state index >= 15 is 0 Å². The fourth-order valence-corrected chi connectivity index (χ4v) is 3.60. The standard InChI is InChI=1S/C21H36N4O/c1-7-22-20(23-15-21(3,4)16-24(5)6)25-12-13-26-19(14-25)18-11-9-8-10-17(18)2/h8-11,19H,7,12-16H2,1-6H3,(H,22,23). The number of morpholine rings is 1. The van der Waals surface area contributed by atoms with E-state index in [1.54, 1.807) is 0 Å². The average molecular weight is 361 g/mol. The molecule has 1 unspecified atom stereocenters. The van der Waals surface area contributed by atoms with Crippen molar-refractivity contribution in [3.63, 3.8) is 0 Å². The van der Waals surface area contributed by atoms with Crippen LogP contribution in [0.2, 0.25) is 0 Å². The van der Waals surface area contributed by atoms with Gasteiger partial charge in [0.15, 0.2) is 5.96 Å². The Morgan fingerprint density at radius 1 is 1.35 bits per heavy atom. The zero-order chi connectivity index (χ0) is 19.2. The first kappa shape index (κ1) is 20.7. The van der Waals surface area contributed by atoms with Crippen molar-refractivity contribution in [1.82, 2.24) is 15.1 Å². The fraction of sp³-hybridized carbons (Fsp3) is 0.667. The lowest BCUT2D eigenvalue weighted by Crippen LogP contribution is -2.48. The number of hydrogen-bond donors (Lipinski definition) is 1. The number of nitrogens with zero attached hydrogens (tertiary/aromatic N) is 3. The molecule has 1 saturated heterocycles. The molecule has 2 rings (SSSR count). The lowest BCUT2D eigenvalue weighted by atomic mass is 9.93. The number of guanidine groups is 1. The maximum Gasteiger partial charge on any atom is 0.194 e. The van der Waals surface area contributed by atoms with Gasteiger partial charge < -0.3 is 19.9 Å². The molecular formula is C21H36N4O. The summed E-state index contributed by atoms with van der Waals surface area (Å²) in [4.78, 5) is 9.53. The molecular weight excluding hydrogens is 324 g/mol. The molecule has 0 amide bonds. The van der Waals surface area contributed by atoms with Crippen LogP contribution in [0.1, 0.15) is 38.0 Å². The van der Waals surface area contributed by atoms with E-state index in [1.807, 2.05) is 0 Å². The van der Waals surface area contributed by atoms with Gasteiger partial charge in [-0.15, -0.1) is 0 Å². The van der Waals surface area contributed by atoms with E-state index in [4.69, 9.17) is 9.73 Å². The number of aliphatic imine (C=N–C) groups is 1. The van der Waals surface area contributed by atoms with Crippen LogP contribution in [0.25, 0.3) is 0 Å². The van der Waals surface area contributed by atoms with E-state index in [0.29, 0.717) is 0 Å². The second-order valence-corrected chi connectivity index (χ2v) is 8.23. The van der Waals surface area contributed by atoms with Crippen LogP contribution in [0.15, 0.2) is 29.3 Å². The van der Waals surface area contributed by atoms with Crippen molar-refractivity contribution in [2.24, 2.45) is 10.4 Å². The van der Waals surface area contributed by atoms with Crippen LogP contribution in [-0.4, -0.2) is 69.2 Å². The molecule has 1 atom stereocenters. The third-order valence-corrected chi connectivity index (χ3v) is 4.64. The first-order valence-corrected chi connectivity index (χ1v) is 9.67. The topological polar surface area (TPSA) is 40.1 Å². The summed E-state index contributed by atoms with van der Waals surface area (Å²) in [5.74, 6) is 1.00. The third kappa shape index (κ3) is 5.99. The van der Waals surface area contributed by atoms with Crippen molar-refractivity contribution < 1.29 is 4.74 Å². The minimum absolute atomic E-state index is 0.101. The second-order valence-electron chi connectivity index (χ2n) is 8.23. The Labute approximate surface area is 159 Å². The Morgan fingerprint density at radius 3 is 2.73 bits per heavy atom. The van der Waals surface area contributed by atoms with E-state index in [-0.39, 0.29) is 11.5 Å². The summed E-state index contributed by atoms with van der Waals surface area (Å²) in [5, 5.41) is 3.47. The zero-order valence-corrected chi connectivity index (χ0v) is 17.4. The Kier molecular flexibility index (Phi) is 7.47. The highest BCUT2D eigenvalue weighted by Crippen LogP contribution is 2.25. The highest BCUT2D eigenvalue weighted by molar-refractivity contribution is 5.80. The smallest absolute Gasteiger partial charge is 0.194 e. The summed E-state index contributed by atoms with van der Waals surface area (Å²) >= 11 is 0. The summed E-state index contributed by atoms with van der Waals surface area (Å²) in [6, 6.07) is 8.50. The summed E-state index contributed by atoms with van der Waals surface area (Å²) in [5.41, 5.74) is 2.71. The first-order chi connectivity index (χ1) is 12.3. The van der Waals surface area contributed by atoms with E-state index in [9.17, 15) is 0 Å². The van der Waals surface area contributed by atoms with Crippen molar-refractivity contribution in [2.45, 2.75) is 33.8 Å². The number of ether oxygens (including phenoxy) is 1. The van der Waals surface area contributed by atoms with Crippen LogP contribution in [0.4, 0.5) is 0 Å². The highest BCUT2D eigenvalue weighted by Gasteiger charge is 2.26. The van der Waals surface area contributed by atoms with Gasteiger partial charge in [0, 0.05) is 26.2 Å². The van der Waals surface area contributed by atoms with Gasteiger partial charge in [0.05, 0.1) is 13.2 Å². The minimum Gasteiger partial charge on any atom is -0.370 e. The minimum atomic E-state index is 0.101. The Morgan fingerprint density at radius 2 is 2.08 bits per heavy atom. The molecule has 0 aromatic heterocycles. The Balaban J connectivity index is 2.11. The van der Waals surface area contributed by atoms with Gasteiger partial charge >= 0.3 is 0 Å². The first-order valence-electron chi connectivity index (χ1n) is 9.67. The van der Waals surface area contributed by atoms with Gasteiger partial charge in [-0.25, -0.2) is 0 Å². The lowest BCUT2D eigenvalue weighted by Gasteiger charge is -2.36. The van der Waals surface area contributed by atoms with Gasteiger partial charge in [-0.05, 0) is 44.5 Å². The molecule has 26 heavy (non-hydrogen) atoms. The predicted molar refractivity (Wildman–Crippen MR) is 110 cm³/mol. The number of benzene rings is 1. The molecule has 0 saturated carbocycles. The van der Waals surface area contributed by atoms with Crippen molar-refractivity contribution in [1.29, 1.82) is 0 Å². The molecule has 0 radical (unpaired) electrons. The van der Waals surface area contributed by atoms with Gasteiger partial charge in [0.1, 0.15) is 6.10 Å². The van der Waals surface area contributed by atoms with E-state index in [0.717, 1.165) is 45.3 Å². The summed E-state index contributed by atoms with van der Waals surface area (Å²) in [6.07, 6.45) is 0.101. The van der Waals surface area contributed by atoms with Crippen molar-refractivity contribution in [3.05, 3.63) is 35.4 Å². The van der Waals surface area contributed by atoms with Crippen LogP contribution in [0.3, 0.4) is 0 Å². The van der Waals surface area contributed by atoms with Crippen LogP contribution in [0, 0.1) is 12.3 Å². The molecule has 1 aromatic carbocycles. The quantitative estimate of drug-likeness (QED) is 0.625. The number of hydrogen-bond acceptors (Lipinski definition) is 3. The van der Waals surface area contributed by atoms with Crippen molar-refractivity contribution >= 4 is 5.96 Å². The van der Waals surface area contributed by atoms with Crippen LogP contribution in [-0.2, 0) is 4.74 Å². The molecule has 0 aliphatic carbocycles. The van der Waals surface area contributed by atoms with E-state index in [2.05, 4.69) is 81.2 Å². The molecule has 146 valence electrons. The molecule has 1 fully saturated rings. The molecule has 1 N–H and O–H groups in total. The molecule has 0 spiro atoms. The van der Waals surface area contributed by atoms with Gasteiger partial charge in [0.25, 0.3) is 0 Å². The number of aryl methyl sites for hydroxylation is 1. The lowest BCUT2D eigenvalue weighted by molar-refractivity contribution is -0.00839. The zero-order valence-electron chi connectivity index (χ0n) is 17.4. The summed E-state index contributed by atoms with van der Waals surface area (Å²) < 4.78 is 6.07. The van der Waals surface area contributed by atoms with Gasteiger partial charge in [-0.3, -0.25) is 4.99 Å². The fourth-order valence-electron chi connectivity index (χ4n) is 3.60. The maximum absolute atomic E-state index is 6.07. The van der Waals surface area contributed by atoms with Gasteiger partial charge in [-0.2, -0.15) is 0 Å². The highest BCUT2D eigenvalue weighted by atomic mass is 16.5. The van der Waals surface area contributed by atoms with Crippen LogP contribution >= 0.6 is 0 Å². The monoisotopic (exact) mass is 360 g/mol. The Hall–Kier alpha value is -1.59. The molecule has 5 heteroatoms. The predicted octanol–water partition coefficient (Wildman–Crippen LogP) is 2.92. The van der Waals surface area contributed by atoms with Gasteiger partial charge in [-0.1, -0.05) is 38.1 Å². The van der Waals surface area contributed by atoms with E-state index < -0.39 is 0 Å². The Bertz CT molecular complexity index is 597. The molecule has 1 aliphatic rings. The maximum atomic E-state index is 6.07.